The molecule has 0 N–H and O–H groups in total. The third-order valence-electron chi connectivity index (χ3n) is 2.69. The average Bonchev–Trinajstić information content (AvgIpc) is 2.57. The number of anilines is 1. The molecule has 0 saturated heterocycles. The van der Waals surface area contributed by atoms with E-state index in [0.717, 1.165) is 18.2 Å². The average molecular weight is 414 g/mol. The fraction of sp³-hybridized carbons (Fsp3) is 0.533. The summed E-state index contributed by atoms with van der Waals surface area (Å²) in [7, 11) is -1.98. The topological polar surface area (TPSA) is 51.2 Å². The first-order valence-electron chi connectivity index (χ1n) is 7.77. The Morgan fingerprint density at radius 2 is 1.59 bits per heavy atom. The van der Waals surface area contributed by atoms with Crippen molar-refractivity contribution in [3.63, 3.8) is 0 Å². The summed E-state index contributed by atoms with van der Waals surface area (Å²) in [6.45, 7) is 4.79. The highest BCUT2D eigenvalue weighted by Gasteiger charge is 2.47. The predicted molar refractivity (Wildman–Crippen MR) is 86.3 cm³/mol. The molecule has 2 amide bonds. The maximum absolute atomic E-state index is 13.9. The zero-order valence-electron chi connectivity index (χ0n) is 15.0. The van der Waals surface area contributed by atoms with Gasteiger partial charge >= 0.3 is 21.5 Å². The zero-order valence-corrected chi connectivity index (χ0v) is 16.0. The molecule has 0 aromatic heterocycles. The number of benzene rings is 1. The molecule has 0 unspecified atom stereocenters. The maximum atomic E-state index is 13.9. The van der Waals surface area contributed by atoms with Crippen LogP contribution in [0, 0.1) is 5.82 Å². The van der Waals surface area contributed by atoms with E-state index in [2.05, 4.69) is 0 Å². The number of hydrogen-bond acceptors (Lipinski definition) is 4. The molecule has 12 heteroatoms. The molecule has 1 rings (SSSR count). The molecule has 0 bridgehead atoms. The third-order valence-corrected chi connectivity index (χ3v) is 3.44. The van der Waals surface area contributed by atoms with E-state index in [0.29, 0.717) is 0 Å². The number of para-hydroxylation sites is 1. The molecule has 1 aromatic carbocycles. The molecule has 1 aromatic rings. The Morgan fingerprint density at radius 1 is 1.07 bits per heavy atom. The van der Waals surface area contributed by atoms with Gasteiger partial charge < -0.3 is 13.9 Å². The van der Waals surface area contributed by atoms with Crippen molar-refractivity contribution in [2.24, 2.45) is 0 Å². The minimum absolute atomic E-state index is 0.460. The number of rotatable bonds is 9. The molecule has 6 nitrogen and oxygen atoms in total. The second-order valence-corrected chi connectivity index (χ2v) is 6.76. The van der Waals surface area contributed by atoms with Gasteiger partial charge in [-0.15, -0.1) is 5.12 Å². The first-order valence-corrected chi connectivity index (χ1v) is 8.68. The van der Waals surface area contributed by atoms with Gasteiger partial charge in [0.15, 0.2) is 0 Å². The minimum atomic E-state index is -4.55. The zero-order chi connectivity index (χ0) is 20.8. The van der Waals surface area contributed by atoms with E-state index < -0.39 is 61.9 Å². The molecular weight excluding hydrogens is 395 g/mol. The van der Waals surface area contributed by atoms with Gasteiger partial charge in [-0.3, -0.25) is 0 Å². The highest BCUT2D eigenvalue weighted by Crippen LogP contribution is 2.26. The van der Waals surface area contributed by atoms with Gasteiger partial charge in [-0.1, -0.05) is 26.2 Å². The van der Waals surface area contributed by atoms with Crippen LogP contribution in [-0.2, 0) is 13.9 Å². The second kappa shape index (κ2) is 9.97. The van der Waals surface area contributed by atoms with Crippen LogP contribution in [0.25, 0.3) is 0 Å². The third kappa shape index (κ3) is 7.05. The van der Waals surface area contributed by atoms with E-state index in [1.165, 1.54) is 6.07 Å². The first-order chi connectivity index (χ1) is 12.5. The van der Waals surface area contributed by atoms with Gasteiger partial charge in [0.25, 0.3) is 6.48 Å². The van der Waals surface area contributed by atoms with Crippen LogP contribution in [0.15, 0.2) is 24.3 Å². The molecule has 0 saturated carbocycles. The number of alkyl halides is 2. The van der Waals surface area contributed by atoms with Crippen LogP contribution in [0.1, 0.15) is 27.7 Å². The number of urea groups is 1. The minimum Gasteiger partial charge on any atom is -0.361 e. The van der Waals surface area contributed by atoms with Crippen molar-refractivity contribution < 1.29 is 40.8 Å². The van der Waals surface area contributed by atoms with E-state index in [1.54, 1.807) is 27.7 Å². The summed E-state index contributed by atoms with van der Waals surface area (Å²) in [5.74, 6) is -1.24. The van der Waals surface area contributed by atoms with Crippen LogP contribution < -0.4 is 5.12 Å². The van der Waals surface area contributed by atoms with Gasteiger partial charge in [-0.25, -0.2) is 9.18 Å². The van der Waals surface area contributed by atoms with Crippen molar-refractivity contribution in [1.29, 1.82) is 0 Å². The molecule has 0 fully saturated rings. The summed E-state index contributed by atoms with van der Waals surface area (Å²) in [6.07, 6.45) is -0.921. The normalized spacial score (nSPS) is 12.1. The van der Waals surface area contributed by atoms with Crippen LogP contribution in [0.5, 0.6) is 0 Å². The molecule has 0 spiro atoms. The van der Waals surface area contributed by atoms with Gasteiger partial charge in [0, 0.05) is 0 Å². The first kappa shape index (κ1) is 23.3. The second-order valence-electron chi connectivity index (χ2n) is 5.72. The van der Waals surface area contributed by atoms with E-state index in [1.807, 2.05) is 0 Å². The summed E-state index contributed by atoms with van der Waals surface area (Å²) in [6, 6.07) is 1.45. The summed E-state index contributed by atoms with van der Waals surface area (Å²) >= 11 is 0. The van der Waals surface area contributed by atoms with E-state index in [4.69, 9.17) is 13.9 Å². The molecule has 27 heavy (non-hydrogen) atoms. The van der Waals surface area contributed by atoms with Crippen molar-refractivity contribution >= 4 is 21.5 Å². The highest BCUT2D eigenvalue weighted by atomic mass is 28.2. The lowest BCUT2D eigenvalue weighted by Crippen LogP contribution is -2.50. The van der Waals surface area contributed by atoms with Crippen molar-refractivity contribution in [2.45, 2.75) is 52.0 Å². The summed E-state index contributed by atoms with van der Waals surface area (Å²) in [5, 5.41) is -2.75. The largest absolute Gasteiger partial charge is 0.386 e. The molecule has 0 aliphatic carbocycles. The molecule has 2 radical (unpaired) electrons. The number of amides is 2. The number of hydrogen-bond donors (Lipinski definition) is 0. The van der Waals surface area contributed by atoms with Gasteiger partial charge in [-0.05, 0) is 39.8 Å². The predicted octanol–water partition coefficient (Wildman–Crippen LogP) is 4.14. The quantitative estimate of drug-likeness (QED) is 0.200. The fourth-order valence-electron chi connectivity index (χ4n) is 1.60. The lowest BCUT2D eigenvalue weighted by molar-refractivity contribution is -0.281. The lowest BCUT2D eigenvalue weighted by atomic mass is 10.3. The summed E-state index contributed by atoms with van der Waals surface area (Å²) in [4.78, 5) is 11.6. The van der Waals surface area contributed by atoms with Crippen molar-refractivity contribution in [1.82, 2.24) is 5.12 Å². The Bertz CT molecular complexity index is 614. The Labute approximate surface area is 155 Å². The molecule has 152 valence electrons. The Hall–Kier alpha value is -1.76. The monoisotopic (exact) mass is 414 g/mol. The Kier molecular flexibility index (Phi) is 8.59. The maximum Gasteiger partial charge on any atom is 0.386 e. The number of nitrogens with zero attached hydrogens (tertiary/aromatic N) is 2. The van der Waals surface area contributed by atoms with Crippen LogP contribution in [0.3, 0.4) is 0 Å². The summed E-state index contributed by atoms with van der Waals surface area (Å²) < 4.78 is 83.8. The van der Waals surface area contributed by atoms with Crippen molar-refractivity contribution in [3.05, 3.63) is 30.1 Å². The highest BCUT2D eigenvalue weighted by molar-refractivity contribution is 6.31. The number of halogens is 5. The van der Waals surface area contributed by atoms with Crippen LogP contribution in [-0.4, -0.2) is 45.3 Å². The van der Waals surface area contributed by atoms with Gasteiger partial charge in [0.1, 0.15) is 11.5 Å². The van der Waals surface area contributed by atoms with E-state index in [-0.39, 0.29) is 0 Å². The number of carbonyl (C=O) groups excluding carboxylic acids is 1. The molecule has 0 aliphatic heterocycles. The molecule has 0 heterocycles. The fourth-order valence-corrected chi connectivity index (χ4v) is 2.13. The van der Waals surface area contributed by atoms with Crippen LogP contribution in [0.4, 0.5) is 32.6 Å². The molecular formula is C15H19F5N2O4Si. The Morgan fingerprint density at radius 3 is 2.07 bits per heavy atom. The van der Waals surface area contributed by atoms with Gasteiger partial charge in [-0.2, -0.15) is 8.78 Å². The van der Waals surface area contributed by atoms with E-state index >= 15 is 0 Å². The van der Waals surface area contributed by atoms with Crippen LogP contribution in [0.2, 0.25) is 0 Å². The number of ether oxygens (including phenoxy) is 2. The summed E-state index contributed by atoms with van der Waals surface area (Å²) in [5.41, 5.74) is -5.57. The SMILES string of the molecule is CC(C)OC(O[Si]C(F)(F)N(F)C(=O)N(F)c1ccccc1F)OC(C)C. The van der Waals surface area contributed by atoms with Crippen molar-refractivity contribution in [2.75, 3.05) is 5.12 Å². The van der Waals surface area contributed by atoms with E-state index in [9.17, 15) is 26.9 Å². The number of carbonyl (C=O) groups is 1. The molecule has 0 atom stereocenters. The van der Waals surface area contributed by atoms with Gasteiger partial charge in [0.2, 0.25) is 0 Å². The van der Waals surface area contributed by atoms with Crippen molar-refractivity contribution in [3.8, 4) is 0 Å². The van der Waals surface area contributed by atoms with Gasteiger partial charge in [0.05, 0.1) is 12.2 Å². The lowest BCUT2D eigenvalue weighted by Gasteiger charge is -2.27. The molecule has 0 aliphatic rings. The smallest absolute Gasteiger partial charge is 0.361 e. The Balaban J connectivity index is 2.79. The van der Waals surface area contributed by atoms with Crippen LogP contribution >= 0.6 is 0 Å². The standard InChI is InChI=1S/C15H19F5N2O4Si/c1-9(2)24-14(25-10(3)4)26-27-15(17,18)22(20)13(23)21(19)12-8-6-5-7-11(12)16/h5-10,14H,1-4H3.